The van der Waals surface area contributed by atoms with Crippen LogP contribution in [0.15, 0.2) is 24.3 Å². The minimum Gasteiger partial charge on any atom is -0.494 e. The van der Waals surface area contributed by atoms with Crippen molar-refractivity contribution in [2.75, 3.05) is 49.7 Å². The summed E-state index contributed by atoms with van der Waals surface area (Å²) in [5.74, 6) is 2.76. The molecule has 4 rings (SSSR count). The van der Waals surface area contributed by atoms with E-state index in [1.54, 1.807) is 7.11 Å². The molecule has 0 aromatic heterocycles. The molecular formula is C25H34N2O3. The molecule has 2 heterocycles. The van der Waals surface area contributed by atoms with Crippen LogP contribution in [0.3, 0.4) is 0 Å². The number of nitrogens with zero attached hydrogens (tertiary/aromatic N) is 2. The molecule has 0 unspecified atom stereocenters. The summed E-state index contributed by atoms with van der Waals surface area (Å²) >= 11 is 0. The van der Waals surface area contributed by atoms with Gasteiger partial charge in [-0.3, -0.25) is 0 Å². The molecule has 1 fully saturated rings. The molecule has 1 saturated heterocycles. The van der Waals surface area contributed by atoms with Gasteiger partial charge in [0.2, 0.25) is 0 Å². The average molecular weight is 411 g/mol. The molecule has 0 saturated carbocycles. The van der Waals surface area contributed by atoms with Gasteiger partial charge in [-0.05, 0) is 64.4 Å². The van der Waals surface area contributed by atoms with Crippen molar-refractivity contribution in [3.8, 4) is 17.2 Å². The molecule has 30 heavy (non-hydrogen) atoms. The molecule has 0 atom stereocenters. The van der Waals surface area contributed by atoms with E-state index in [1.807, 2.05) is 6.92 Å². The van der Waals surface area contributed by atoms with Gasteiger partial charge in [0.1, 0.15) is 11.4 Å². The van der Waals surface area contributed by atoms with E-state index >= 15 is 0 Å². The maximum absolute atomic E-state index is 6.26. The highest BCUT2D eigenvalue weighted by molar-refractivity contribution is 5.73. The lowest BCUT2D eigenvalue weighted by Gasteiger charge is -2.39. The molecule has 0 amide bonds. The van der Waals surface area contributed by atoms with Crippen molar-refractivity contribution in [3.05, 3.63) is 41.0 Å². The predicted octanol–water partition coefficient (Wildman–Crippen LogP) is 4.75. The topological polar surface area (TPSA) is 34.2 Å². The van der Waals surface area contributed by atoms with E-state index in [2.05, 4.69) is 61.8 Å². The maximum Gasteiger partial charge on any atom is 0.166 e. The van der Waals surface area contributed by atoms with Crippen molar-refractivity contribution in [1.82, 2.24) is 0 Å². The van der Waals surface area contributed by atoms with Crippen LogP contribution in [0.5, 0.6) is 17.2 Å². The Labute approximate surface area is 180 Å². The molecule has 2 aliphatic rings. The SMILES string of the molecule is CCOc1ccc(N2CCN(c3c(C)c4c(c(OC)c3C)OC(C)(C)C4)CC2)cc1. The quantitative estimate of drug-likeness (QED) is 0.711. The second-order valence-corrected chi connectivity index (χ2v) is 8.88. The number of hydrogen-bond acceptors (Lipinski definition) is 5. The van der Waals surface area contributed by atoms with Gasteiger partial charge in [0.15, 0.2) is 11.5 Å². The highest BCUT2D eigenvalue weighted by atomic mass is 16.5. The number of anilines is 2. The average Bonchev–Trinajstić information content (AvgIpc) is 3.05. The molecule has 0 radical (unpaired) electrons. The molecular weight excluding hydrogens is 376 g/mol. The second-order valence-electron chi connectivity index (χ2n) is 8.88. The van der Waals surface area contributed by atoms with Gasteiger partial charge in [-0.25, -0.2) is 0 Å². The zero-order chi connectivity index (χ0) is 21.5. The Balaban J connectivity index is 1.55. The normalized spacial score (nSPS) is 17.5. The highest BCUT2D eigenvalue weighted by Gasteiger charge is 2.37. The Hall–Kier alpha value is -2.56. The van der Waals surface area contributed by atoms with Crippen molar-refractivity contribution in [1.29, 1.82) is 0 Å². The smallest absolute Gasteiger partial charge is 0.166 e. The number of methoxy groups -OCH3 is 1. The third-order valence-corrected chi connectivity index (χ3v) is 6.28. The van der Waals surface area contributed by atoms with Crippen LogP contribution in [-0.2, 0) is 6.42 Å². The van der Waals surface area contributed by atoms with E-state index in [4.69, 9.17) is 14.2 Å². The first-order valence-corrected chi connectivity index (χ1v) is 11.0. The van der Waals surface area contributed by atoms with Crippen molar-refractivity contribution in [2.24, 2.45) is 0 Å². The number of hydrogen-bond donors (Lipinski definition) is 0. The Morgan fingerprint density at radius 2 is 1.60 bits per heavy atom. The lowest BCUT2D eigenvalue weighted by Crippen LogP contribution is -2.47. The van der Waals surface area contributed by atoms with Crippen molar-refractivity contribution < 1.29 is 14.2 Å². The standard InChI is InChI=1S/C25H34N2O3/c1-7-29-20-10-8-19(9-11-20)26-12-14-27(15-13-26)22-17(2)21-16-25(4,5)30-24(21)23(28-6)18(22)3/h8-11H,7,12-16H2,1-6H3. The number of benzene rings is 2. The fourth-order valence-corrected chi connectivity index (χ4v) is 4.90. The van der Waals surface area contributed by atoms with Crippen LogP contribution in [0.25, 0.3) is 0 Å². The zero-order valence-electron chi connectivity index (χ0n) is 19.2. The molecule has 2 aromatic rings. The summed E-state index contributed by atoms with van der Waals surface area (Å²) in [6.07, 6.45) is 0.921. The molecule has 0 bridgehead atoms. The predicted molar refractivity (Wildman–Crippen MR) is 123 cm³/mol. The highest BCUT2D eigenvalue weighted by Crippen LogP contribution is 2.50. The van der Waals surface area contributed by atoms with Gasteiger partial charge >= 0.3 is 0 Å². The first-order valence-electron chi connectivity index (χ1n) is 11.0. The van der Waals surface area contributed by atoms with Crippen LogP contribution in [0.1, 0.15) is 37.5 Å². The summed E-state index contributed by atoms with van der Waals surface area (Å²) in [4.78, 5) is 4.97. The molecule has 2 aliphatic heterocycles. The lowest BCUT2D eigenvalue weighted by molar-refractivity contribution is 0.134. The van der Waals surface area contributed by atoms with Crippen LogP contribution in [0, 0.1) is 13.8 Å². The first-order chi connectivity index (χ1) is 14.3. The molecule has 0 N–H and O–H groups in total. The van der Waals surface area contributed by atoms with Crippen LogP contribution in [0.2, 0.25) is 0 Å². The van der Waals surface area contributed by atoms with Gasteiger partial charge in [-0.2, -0.15) is 0 Å². The summed E-state index contributed by atoms with van der Waals surface area (Å²) in [5.41, 5.74) is 6.21. The summed E-state index contributed by atoms with van der Waals surface area (Å²) in [5, 5.41) is 0. The lowest BCUT2D eigenvalue weighted by atomic mass is 9.93. The maximum atomic E-state index is 6.26. The largest absolute Gasteiger partial charge is 0.494 e. The third-order valence-electron chi connectivity index (χ3n) is 6.28. The first kappa shape index (κ1) is 20.7. The van der Waals surface area contributed by atoms with E-state index in [9.17, 15) is 0 Å². The van der Waals surface area contributed by atoms with Crippen molar-refractivity contribution >= 4 is 11.4 Å². The van der Waals surface area contributed by atoms with Gasteiger partial charge in [0, 0.05) is 55.1 Å². The third kappa shape index (κ3) is 3.66. The van der Waals surface area contributed by atoms with Gasteiger partial charge in [-0.15, -0.1) is 0 Å². The van der Waals surface area contributed by atoms with Gasteiger partial charge < -0.3 is 24.0 Å². The van der Waals surface area contributed by atoms with E-state index in [1.165, 1.54) is 28.1 Å². The number of rotatable bonds is 5. The number of piperazine rings is 1. The van der Waals surface area contributed by atoms with Crippen LogP contribution in [-0.4, -0.2) is 45.5 Å². The molecule has 5 heteroatoms. The number of fused-ring (bicyclic) bond motifs is 1. The van der Waals surface area contributed by atoms with Crippen LogP contribution in [0.4, 0.5) is 11.4 Å². The monoisotopic (exact) mass is 410 g/mol. The minimum absolute atomic E-state index is 0.183. The van der Waals surface area contributed by atoms with Crippen LogP contribution >= 0.6 is 0 Å². The summed E-state index contributed by atoms with van der Waals surface area (Å²) in [7, 11) is 1.75. The summed E-state index contributed by atoms with van der Waals surface area (Å²) < 4.78 is 17.6. The zero-order valence-corrected chi connectivity index (χ0v) is 19.2. The Morgan fingerprint density at radius 1 is 0.967 bits per heavy atom. The Morgan fingerprint density at radius 3 is 2.20 bits per heavy atom. The van der Waals surface area contributed by atoms with E-state index in [-0.39, 0.29) is 5.60 Å². The van der Waals surface area contributed by atoms with E-state index in [0.717, 1.165) is 49.8 Å². The second kappa shape index (κ2) is 7.93. The Kier molecular flexibility index (Phi) is 5.48. The molecule has 0 spiro atoms. The van der Waals surface area contributed by atoms with Crippen molar-refractivity contribution in [3.63, 3.8) is 0 Å². The van der Waals surface area contributed by atoms with E-state index in [0.29, 0.717) is 6.61 Å². The number of ether oxygens (including phenoxy) is 3. The van der Waals surface area contributed by atoms with Gasteiger partial charge in [0.25, 0.3) is 0 Å². The summed E-state index contributed by atoms with van der Waals surface area (Å²) in [6.45, 7) is 15.4. The fourth-order valence-electron chi connectivity index (χ4n) is 4.90. The van der Waals surface area contributed by atoms with Gasteiger partial charge in [-0.1, -0.05) is 0 Å². The molecule has 0 aliphatic carbocycles. The molecule has 162 valence electrons. The molecule has 5 nitrogen and oxygen atoms in total. The fraction of sp³-hybridized carbons (Fsp3) is 0.520. The Bertz CT molecular complexity index is 913. The molecule has 2 aromatic carbocycles. The van der Waals surface area contributed by atoms with E-state index < -0.39 is 0 Å². The van der Waals surface area contributed by atoms with Crippen molar-refractivity contribution in [2.45, 2.75) is 46.6 Å². The summed E-state index contributed by atoms with van der Waals surface area (Å²) in [6, 6.07) is 8.45. The minimum atomic E-state index is -0.183. The van der Waals surface area contributed by atoms with Gasteiger partial charge in [0.05, 0.1) is 13.7 Å². The van der Waals surface area contributed by atoms with Crippen LogP contribution < -0.4 is 24.0 Å².